The van der Waals surface area contributed by atoms with Crippen LogP contribution in [0.15, 0.2) is 60.7 Å². The maximum atomic E-state index is 13.3. The van der Waals surface area contributed by atoms with Crippen molar-refractivity contribution in [1.82, 2.24) is 15.1 Å². The van der Waals surface area contributed by atoms with E-state index in [-0.39, 0.29) is 18.7 Å². The summed E-state index contributed by atoms with van der Waals surface area (Å²) in [5.41, 5.74) is 1.74. The molecule has 8 heteroatoms. The second kappa shape index (κ2) is 11.3. The van der Waals surface area contributed by atoms with Crippen LogP contribution in [0.2, 0.25) is 0 Å². The Morgan fingerprint density at radius 1 is 1.03 bits per heavy atom. The molecule has 2 aromatic rings. The molecular formula is C27H31N3O5. The van der Waals surface area contributed by atoms with Crippen molar-refractivity contribution in [2.75, 3.05) is 13.7 Å². The number of carbonyl (C=O) groups excluding carboxylic acids is 4. The van der Waals surface area contributed by atoms with Crippen molar-refractivity contribution in [3.8, 4) is 0 Å². The number of likely N-dealkylation sites (N-methyl/N-ethyl adjacent to an activating group) is 1. The van der Waals surface area contributed by atoms with Crippen LogP contribution in [0, 0.1) is 0 Å². The average Bonchev–Trinajstić information content (AvgIpc) is 3.54. The molecule has 0 spiro atoms. The Morgan fingerprint density at radius 3 is 2.31 bits per heavy atom. The number of benzene rings is 2. The van der Waals surface area contributed by atoms with Crippen LogP contribution in [0.4, 0.5) is 0 Å². The van der Waals surface area contributed by atoms with Gasteiger partial charge in [0.1, 0.15) is 18.3 Å². The summed E-state index contributed by atoms with van der Waals surface area (Å²) in [6.07, 6.45) is 1.87. The van der Waals surface area contributed by atoms with Gasteiger partial charge in [0.05, 0.1) is 0 Å². The SMILES string of the molecule is CN(C(=O)C(=O)C(Cc1ccccc1)NC(=O)[C@H]1CCC(=O)N1Cc1ccccc1)[C@H]1CCCO1. The molecule has 0 bridgehead atoms. The van der Waals surface area contributed by atoms with E-state index in [4.69, 9.17) is 4.74 Å². The van der Waals surface area contributed by atoms with Crippen molar-refractivity contribution in [3.63, 3.8) is 0 Å². The van der Waals surface area contributed by atoms with E-state index in [1.165, 1.54) is 4.90 Å². The van der Waals surface area contributed by atoms with Gasteiger partial charge in [0.25, 0.3) is 5.91 Å². The van der Waals surface area contributed by atoms with Gasteiger partial charge in [-0.3, -0.25) is 19.2 Å². The first-order chi connectivity index (χ1) is 16.9. The van der Waals surface area contributed by atoms with E-state index < -0.39 is 35.9 Å². The van der Waals surface area contributed by atoms with E-state index in [9.17, 15) is 19.2 Å². The van der Waals surface area contributed by atoms with Gasteiger partial charge >= 0.3 is 0 Å². The highest BCUT2D eigenvalue weighted by molar-refractivity contribution is 6.38. The number of nitrogens with one attached hydrogen (secondary N) is 1. The first kappa shape index (κ1) is 24.6. The molecular weight excluding hydrogens is 446 g/mol. The van der Waals surface area contributed by atoms with E-state index in [1.807, 2.05) is 60.7 Å². The van der Waals surface area contributed by atoms with E-state index in [0.717, 1.165) is 17.5 Å². The number of nitrogens with zero attached hydrogens (tertiary/aromatic N) is 2. The minimum absolute atomic E-state index is 0.103. The molecule has 0 radical (unpaired) electrons. The van der Waals surface area contributed by atoms with Crippen LogP contribution in [0.25, 0.3) is 0 Å². The summed E-state index contributed by atoms with van der Waals surface area (Å²) < 4.78 is 5.55. The maximum absolute atomic E-state index is 13.3. The first-order valence-corrected chi connectivity index (χ1v) is 12.0. The van der Waals surface area contributed by atoms with Gasteiger partial charge in [0, 0.05) is 33.0 Å². The zero-order valence-corrected chi connectivity index (χ0v) is 19.9. The van der Waals surface area contributed by atoms with Gasteiger partial charge in [-0.1, -0.05) is 60.7 Å². The lowest BCUT2D eigenvalue weighted by Gasteiger charge is -2.28. The molecule has 184 valence electrons. The molecule has 2 heterocycles. The van der Waals surface area contributed by atoms with Gasteiger partial charge in [-0.15, -0.1) is 0 Å². The Hall–Kier alpha value is -3.52. The van der Waals surface area contributed by atoms with E-state index in [0.29, 0.717) is 26.0 Å². The number of ether oxygens (including phenoxy) is 1. The van der Waals surface area contributed by atoms with Crippen molar-refractivity contribution < 1.29 is 23.9 Å². The summed E-state index contributed by atoms with van der Waals surface area (Å²) in [6.45, 7) is 0.864. The zero-order chi connectivity index (χ0) is 24.8. The highest BCUT2D eigenvalue weighted by Gasteiger charge is 2.39. The van der Waals surface area contributed by atoms with Gasteiger partial charge < -0.3 is 19.9 Å². The molecule has 1 N–H and O–H groups in total. The lowest BCUT2D eigenvalue weighted by molar-refractivity contribution is -0.152. The molecule has 0 aromatic heterocycles. The summed E-state index contributed by atoms with van der Waals surface area (Å²) in [4.78, 5) is 55.1. The fourth-order valence-electron chi connectivity index (χ4n) is 4.63. The van der Waals surface area contributed by atoms with Crippen LogP contribution in [-0.4, -0.2) is 65.3 Å². The summed E-state index contributed by atoms with van der Waals surface area (Å²) in [6, 6.07) is 17.0. The van der Waals surface area contributed by atoms with Crippen LogP contribution < -0.4 is 5.32 Å². The fraction of sp³-hybridized carbons (Fsp3) is 0.407. The molecule has 2 fully saturated rings. The molecule has 3 amide bonds. The number of carbonyl (C=O) groups is 4. The number of ketones is 1. The third kappa shape index (κ3) is 5.95. The van der Waals surface area contributed by atoms with Crippen molar-refractivity contribution in [2.24, 2.45) is 0 Å². The molecule has 35 heavy (non-hydrogen) atoms. The Morgan fingerprint density at radius 2 is 1.69 bits per heavy atom. The predicted octanol–water partition coefficient (Wildman–Crippen LogP) is 2.07. The molecule has 2 aliphatic rings. The van der Waals surface area contributed by atoms with Gasteiger partial charge in [0.2, 0.25) is 17.6 Å². The number of hydrogen-bond acceptors (Lipinski definition) is 5. The highest BCUT2D eigenvalue weighted by atomic mass is 16.5. The number of hydrogen-bond donors (Lipinski definition) is 1. The van der Waals surface area contributed by atoms with E-state index >= 15 is 0 Å². The third-order valence-corrected chi connectivity index (χ3v) is 6.61. The van der Waals surface area contributed by atoms with Crippen molar-refractivity contribution >= 4 is 23.5 Å². The van der Waals surface area contributed by atoms with Gasteiger partial charge in [-0.2, -0.15) is 0 Å². The van der Waals surface area contributed by atoms with Crippen molar-refractivity contribution in [1.29, 1.82) is 0 Å². The molecule has 2 aliphatic heterocycles. The second-order valence-electron chi connectivity index (χ2n) is 9.06. The van der Waals surface area contributed by atoms with Crippen molar-refractivity contribution in [3.05, 3.63) is 71.8 Å². The Kier molecular flexibility index (Phi) is 7.92. The quantitative estimate of drug-likeness (QED) is 0.558. The molecule has 0 saturated carbocycles. The van der Waals surface area contributed by atoms with Crippen LogP contribution in [-0.2, 0) is 36.9 Å². The fourth-order valence-corrected chi connectivity index (χ4v) is 4.63. The number of amides is 3. The molecule has 1 unspecified atom stereocenters. The monoisotopic (exact) mass is 477 g/mol. The topological polar surface area (TPSA) is 96.0 Å². The highest BCUT2D eigenvalue weighted by Crippen LogP contribution is 2.22. The normalized spacial score (nSPS) is 20.5. The maximum Gasteiger partial charge on any atom is 0.293 e. The Labute approximate surface area is 205 Å². The summed E-state index contributed by atoms with van der Waals surface area (Å²) in [5.74, 6) is -1.91. The average molecular weight is 478 g/mol. The summed E-state index contributed by atoms with van der Waals surface area (Å²) in [7, 11) is 1.55. The van der Waals surface area contributed by atoms with Crippen LogP contribution in [0.3, 0.4) is 0 Å². The first-order valence-electron chi connectivity index (χ1n) is 12.0. The summed E-state index contributed by atoms with van der Waals surface area (Å²) in [5, 5.41) is 2.80. The molecule has 3 atom stereocenters. The number of Topliss-reactive ketones (excluding diaryl/α,β-unsaturated/α-hetero) is 1. The minimum atomic E-state index is -1.05. The van der Waals surface area contributed by atoms with Crippen LogP contribution in [0.1, 0.15) is 36.8 Å². The van der Waals surface area contributed by atoms with Gasteiger partial charge in [-0.05, 0) is 30.4 Å². The van der Waals surface area contributed by atoms with Crippen molar-refractivity contribution in [2.45, 2.75) is 57.0 Å². The lowest BCUT2D eigenvalue weighted by Crippen LogP contribution is -2.54. The zero-order valence-electron chi connectivity index (χ0n) is 19.9. The summed E-state index contributed by atoms with van der Waals surface area (Å²) >= 11 is 0. The van der Waals surface area contributed by atoms with Crippen LogP contribution >= 0.6 is 0 Å². The molecule has 0 aliphatic carbocycles. The van der Waals surface area contributed by atoms with E-state index in [2.05, 4.69) is 5.32 Å². The Bertz CT molecular complexity index is 1050. The largest absolute Gasteiger partial charge is 0.358 e. The number of likely N-dealkylation sites (tertiary alicyclic amines) is 1. The van der Waals surface area contributed by atoms with Gasteiger partial charge in [0.15, 0.2) is 0 Å². The minimum Gasteiger partial charge on any atom is -0.358 e. The smallest absolute Gasteiger partial charge is 0.293 e. The lowest BCUT2D eigenvalue weighted by atomic mass is 10.0. The molecule has 2 saturated heterocycles. The number of rotatable bonds is 9. The third-order valence-electron chi connectivity index (χ3n) is 6.61. The Balaban J connectivity index is 1.50. The van der Waals surface area contributed by atoms with Crippen LogP contribution in [0.5, 0.6) is 0 Å². The molecule has 2 aromatic carbocycles. The van der Waals surface area contributed by atoms with E-state index in [1.54, 1.807) is 11.9 Å². The standard InChI is InChI=1S/C27H31N3O5/c1-29(24-13-8-16-35-24)27(34)25(32)21(17-19-9-4-2-5-10-19)28-26(33)22-14-15-23(31)30(22)18-20-11-6-3-7-12-20/h2-7,9-12,21-22,24H,8,13-18H2,1H3,(H,28,33)/t21?,22-,24-/m1/s1. The molecule has 4 rings (SSSR count). The molecule has 8 nitrogen and oxygen atoms in total. The predicted molar refractivity (Wildman–Crippen MR) is 129 cm³/mol. The second-order valence-corrected chi connectivity index (χ2v) is 9.06. The van der Waals surface area contributed by atoms with Gasteiger partial charge in [-0.25, -0.2) is 0 Å².